The standard InChI is InChI=1S/C19H21F2NO2/c1-13-4-3-5-14(10-13)6-9-18(23)22-12-19(2,24)16-8-7-15(20)11-17(16)21/h3-5,7-8,10-11,24H,6,9,12H2,1-2H3,(H,22,23). The third-order valence-corrected chi connectivity index (χ3v) is 3.86. The van der Waals surface area contributed by atoms with E-state index in [1.807, 2.05) is 31.2 Å². The molecule has 0 aliphatic rings. The maximum absolute atomic E-state index is 13.8. The van der Waals surface area contributed by atoms with Crippen LogP contribution in [-0.4, -0.2) is 17.6 Å². The number of hydrogen-bond donors (Lipinski definition) is 2. The number of aliphatic hydroxyl groups is 1. The zero-order valence-electron chi connectivity index (χ0n) is 13.8. The van der Waals surface area contributed by atoms with Gasteiger partial charge in [0.25, 0.3) is 0 Å². The fraction of sp³-hybridized carbons (Fsp3) is 0.316. The summed E-state index contributed by atoms with van der Waals surface area (Å²) in [5.41, 5.74) is 0.517. The Hall–Kier alpha value is -2.27. The molecule has 0 heterocycles. The van der Waals surface area contributed by atoms with Gasteiger partial charge in [-0.1, -0.05) is 35.9 Å². The average Bonchev–Trinajstić information content (AvgIpc) is 2.51. The number of rotatable bonds is 6. The van der Waals surface area contributed by atoms with Crippen LogP contribution in [0.4, 0.5) is 8.78 Å². The van der Waals surface area contributed by atoms with Gasteiger partial charge in [-0.05, 0) is 31.9 Å². The van der Waals surface area contributed by atoms with Crippen molar-refractivity contribution in [2.75, 3.05) is 6.54 Å². The molecule has 0 saturated heterocycles. The summed E-state index contributed by atoms with van der Waals surface area (Å²) in [6.45, 7) is 3.21. The lowest BCUT2D eigenvalue weighted by Crippen LogP contribution is -2.39. The molecular formula is C19H21F2NO2. The van der Waals surface area contributed by atoms with E-state index in [0.717, 1.165) is 17.2 Å². The summed E-state index contributed by atoms with van der Waals surface area (Å²) in [4.78, 5) is 11.9. The molecule has 2 aromatic rings. The molecule has 2 rings (SSSR count). The first-order chi connectivity index (χ1) is 11.3. The molecule has 0 spiro atoms. The molecule has 0 saturated carbocycles. The van der Waals surface area contributed by atoms with Crippen LogP contribution in [0.15, 0.2) is 42.5 Å². The SMILES string of the molecule is Cc1cccc(CCC(=O)NCC(C)(O)c2ccc(F)cc2F)c1. The second kappa shape index (κ2) is 7.53. The Morgan fingerprint density at radius 1 is 1.21 bits per heavy atom. The van der Waals surface area contributed by atoms with Gasteiger partial charge in [-0.25, -0.2) is 8.78 Å². The highest BCUT2D eigenvalue weighted by atomic mass is 19.1. The number of benzene rings is 2. The Kier molecular flexibility index (Phi) is 5.67. The minimum Gasteiger partial charge on any atom is -0.383 e. The van der Waals surface area contributed by atoms with Crippen molar-refractivity contribution in [3.8, 4) is 0 Å². The smallest absolute Gasteiger partial charge is 0.220 e. The Morgan fingerprint density at radius 2 is 1.96 bits per heavy atom. The van der Waals surface area contributed by atoms with Crippen molar-refractivity contribution >= 4 is 5.91 Å². The molecule has 2 N–H and O–H groups in total. The Balaban J connectivity index is 1.90. The second-order valence-corrected chi connectivity index (χ2v) is 6.16. The van der Waals surface area contributed by atoms with Crippen LogP contribution in [0, 0.1) is 18.6 Å². The van der Waals surface area contributed by atoms with E-state index < -0.39 is 17.2 Å². The zero-order valence-corrected chi connectivity index (χ0v) is 13.8. The summed E-state index contributed by atoms with van der Waals surface area (Å²) in [7, 11) is 0. The number of aryl methyl sites for hydroxylation is 2. The molecule has 0 radical (unpaired) electrons. The van der Waals surface area contributed by atoms with Crippen LogP contribution in [0.1, 0.15) is 30.0 Å². The molecule has 24 heavy (non-hydrogen) atoms. The van der Waals surface area contributed by atoms with Crippen LogP contribution in [0.25, 0.3) is 0 Å². The summed E-state index contributed by atoms with van der Waals surface area (Å²) in [6, 6.07) is 10.9. The van der Waals surface area contributed by atoms with Gasteiger partial charge in [0, 0.05) is 18.1 Å². The maximum atomic E-state index is 13.8. The summed E-state index contributed by atoms with van der Waals surface area (Å²) < 4.78 is 26.7. The third kappa shape index (κ3) is 4.86. The summed E-state index contributed by atoms with van der Waals surface area (Å²) in [5.74, 6) is -1.79. The van der Waals surface area contributed by atoms with Crippen LogP contribution in [0.2, 0.25) is 0 Å². The highest BCUT2D eigenvalue weighted by Gasteiger charge is 2.27. The van der Waals surface area contributed by atoms with E-state index in [2.05, 4.69) is 5.32 Å². The van der Waals surface area contributed by atoms with Crippen molar-refractivity contribution in [2.45, 2.75) is 32.3 Å². The number of carbonyl (C=O) groups is 1. The predicted octanol–water partition coefficient (Wildman–Crippen LogP) is 3.23. The van der Waals surface area contributed by atoms with E-state index in [9.17, 15) is 18.7 Å². The average molecular weight is 333 g/mol. The van der Waals surface area contributed by atoms with Gasteiger partial charge < -0.3 is 10.4 Å². The first-order valence-electron chi connectivity index (χ1n) is 7.78. The van der Waals surface area contributed by atoms with Crippen molar-refractivity contribution in [3.05, 3.63) is 70.8 Å². The summed E-state index contributed by atoms with van der Waals surface area (Å²) in [6.07, 6.45) is 0.853. The lowest BCUT2D eigenvalue weighted by Gasteiger charge is -2.24. The molecule has 128 valence electrons. The number of nitrogens with one attached hydrogen (secondary N) is 1. The fourth-order valence-corrected chi connectivity index (χ4v) is 2.51. The van der Waals surface area contributed by atoms with Crippen molar-refractivity contribution in [2.24, 2.45) is 0 Å². The molecule has 0 fully saturated rings. The van der Waals surface area contributed by atoms with E-state index in [1.165, 1.54) is 13.0 Å². The van der Waals surface area contributed by atoms with E-state index in [-0.39, 0.29) is 24.4 Å². The highest BCUT2D eigenvalue weighted by molar-refractivity contribution is 5.76. The van der Waals surface area contributed by atoms with Crippen molar-refractivity contribution < 1.29 is 18.7 Å². The van der Waals surface area contributed by atoms with Crippen LogP contribution in [-0.2, 0) is 16.8 Å². The molecular weight excluding hydrogens is 312 g/mol. The minimum absolute atomic E-state index is 0.0529. The van der Waals surface area contributed by atoms with E-state index in [4.69, 9.17) is 0 Å². The molecule has 1 unspecified atom stereocenters. The van der Waals surface area contributed by atoms with Gasteiger partial charge in [-0.2, -0.15) is 0 Å². The second-order valence-electron chi connectivity index (χ2n) is 6.16. The zero-order chi connectivity index (χ0) is 17.7. The van der Waals surface area contributed by atoms with Crippen LogP contribution < -0.4 is 5.32 Å². The normalized spacial score (nSPS) is 13.4. The largest absolute Gasteiger partial charge is 0.383 e. The summed E-state index contributed by atoms with van der Waals surface area (Å²) >= 11 is 0. The monoisotopic (exact) mass is 333 g/mol. The summed E-state index contributed by atoms with van der Waals surface area (Å²) in [5, 5.41) is 12.9. The van der Waals surface area contributed by atoms with Crippen molar-refractivity contribution in [1.82, 2.24) is 5.32 Å². The lowest BCUT2D eigenvalue weighted by molar-refractivity contribution is -0.122. The molecule has 2 aromatic carbocycles. The molecule has 3 nitrogen and oxygen atoms in total. The number of carbonyl (C=O) groups excluding carboxylic acids is 1. The molecule has 0 aromatic heterocycles. The van der Waals surface area contributed by atoms with Gasteiger partial charge in [0.2, 0.25) is 5.91 Å². The van der Waals surface area contributed by atoms with Gasteiger partial charge in [0.05, 0.1) is 6.54 Å². The van der Waals surface area contributed by atoms with Gasteiger partial charge >= 0.3 is 0 Å². The topological polar surface area (TPSA) is 49.3 Å². The van der Waals surface area contributed by atoms with Crippen LogP contribution >= 0.6 is 0 Å². The van der Waals surface area contributed by atoms with Crippen LogP contribution in [0.3, 0.4) is 0 Å². The molecule has 1 amide bonds. The van der Waals surface area contributed by atoms with Crippen molar-refractivity contribution in [1.29, 1.82) is 0 Å². The Labute approximate surface area is 140 Å². The first-order valence-corrected chi connectivity index (χ1v) is 7.78. The molecule has 1 atom stereocenters. The highest BCUT2D eigenvalue weighted by Crippen LogP contribution is 2.23. The maximum Gasteiger partial charge on any atom is 0.220 e. The predicted molar refractivity (Wildman–Crippen MR) is 88.4 cm³/mol. The first kappa shape index (κ1) is 18.1. The third-order valence-electron chi connectivity index (χ3n) is 3.86. The molecule has 0 aliphatic carbocycles. The van der Waals surface area contributed by atoms with E-state index >= 15 is 0 Å². The number of halogens is 2. The van der Waals surface area contributed by atoms with Crippen molar-refractivity contribution in [3.63, 3.8) is 0 Å². The van der Waals surface area contributed by atoms with Gasteiger partial charge in [-0.15, -0.1) is 0 Å². The molecule has 5 heteroatoms. The van der Waals surface area contributed by atoms with Crippen LogP contribution in [0.5, 0.6) is 0 Å². The quantitative estimate of drug-likeness (QED) is 0.853. The van der Waals surface area contributed by atoms with Gasteiger partial charge in [0.15, 0.2) is 0 Å². The van der Waals surface area contributed by atoms with Gasteiger partial charge in [0.1, 0.15) is 17.2 Å². The Morgan fingerprint density at radius 3 is 2.62 bits per heavy atom. The Bertz CT molecular complexity index is 729. The molecule has 0 bridgehead atoms. The fourth-order valence-electron chi connectivity index (χ4n) is 2.51. The number of hydrogen-bond acceptors (Lipinski definition) is 2. The van der Waals surface area contributed by atoms with Gasteiger partial charge in [-0.3, -0.25) is 4.79 Å². The number of amides is 1. The van der Waals surface area contributed by atoms with E-state index in [1.54, 1.807) is 0 Å². The molecule has 0 aliphatic heterocycles. The lowest BCUT2D eigenvalue weighted by atomic mass is 9.95. The minimum atomic E-state index is -1.61. The van der Waals surface area contributed by atoms with E-state index in [0.29, 0.717) is 12.5 Å².